The second kappa shape index (κ2) is 6.69. The second-order valence-electron chi connectivity index (χ2n) is 4.96. The average molecular weight is 318 g/mol. The van der Waals surface area contributed by atoms with Crippen LogP contribution in [0, 0.1) is 12.8 Å². The van der Waals surface area contributed by atoms with Crippen LogP contribution in [-0.2, 0) is 10.0 Å². The monoisotopic (exact) mass is 318 g/mol. The van der Waals surface area contributed by atoms with Crippen molar-refractivity contribution in [3.63, 3.8) is 0 Å². The van der Waals surface area contributed by atoms with E-state index in [-0.39, 0.29) is 10.1 Å². The quantitative estimate of drug-likeness (QED) is 0.873. The minimum atomic E-state index is -3.76. The van der Waals surface area contributed by atoms with Gasteiger partial charge in [-0.3, -0.25) is 4.79 Å². The van der Waals surface area contributed by atoms with Gasteiger partial charge in [-0.05, 0) is 25.3 Å². The van der Waals surface area contributed by atoms with Gasteiger partial charge in [0.1, 0.15) is 4.21 Å². The molecule has 114 valence electrons. The molecule has 0 aliphatic carbocycles. The van der Waals surface area contributed by atoms with Crippen molar-refractivity contribution >= 4 is 27.3 Å². The zero-order valence-electron chi connectivity index (χ0n) is 12.3. The summed E-state index contributed by atoms with van der Waals surface area (Å²) in [6.07, 6.45) is 0.995. The number of hydrogen-bond acceptors (Lipinski definition) is 4. The summed E-state index contributed by atoms with van der Waals surface area (Å²) < 4.78 is 22.9. The highest BCUT2D eigenvalue weighted by atomic mass is 32.2. The molecule has 20 heavy (non-hydrogen) atoms. The molecule has 1 atom stereocenters. The van der Waals surface area contributed by atoms with Gasteiger partial charge in [0, 0.05) is 18.5 Å². The lowest BCUT2D eigenvalue weighted by atomic mass is 10.1. The summed E-state index contributed by atoms with van der Waals surface area (Å²) >= 11 is 1.00. The summed E-state index contributed by atoms with van der Waals surface area (Å²) in [6, 6.07) is 0. The van der Waals surface area contributed by atoms with Gasteiger partial charge in [-0.2, -0.15) is 0 Å². The van der Waals surface area contributed by atoms with E-state index in [2.05, 4.69) is 13.8 Å². The van der Waals surface area contributed by atoms with Crippen molar-refractivity contribution in [2.45, 2.75) is 38.3 Å². The molecule has 0 spiro atoms. The van der Waals surface area contributed by atoms with Crippen LogP contribution in [0.5, 0.6) is 0 Å². The number of primary sulfonamides is 1. The van der Waals surface area contributed by atoms with Gasteiger partial charge in [0.05, 0.1) is 5.56 Å². The van der Waals surface area contributed by atoms with Crippen LogP contribution in [0.25, 0.3) is 0 Å². The fourth-order valence-electron chi connectivity index (χ4n) is 1.92. The molecule has 0 saturated carbocycles. The molecule has 0 saturated heterocycles. The Balaban J connectivity index is 3.06. The highest BCUT2D eigenvalue weighted by Crippen LogP contribution is 2.26. The summed E-state index contributed by atoms with van der Waals surface area (Å²) in [6.45, 7) is 8.99. The smallest absolute Gasteiger partial charge is 0.255 e. The van der Waals surface area contributed by atoms with Crippen LogP contribution in [0.4, 0.5) is 0 Å². The Kier molecular flexibility index (Phi) is 5.73. The van der Waals surface area contributed by atoms with Crippen LogP contribution >= 0.6 is 11.3 Å². The summed E-state index contributed by atoms with van der Waals surface area (Å²) in [5.41, 5.74) is 0.884. The Morgan fingerprint density at radius 1 is 1.45 bits per heavy atom. The fourth-order valence-corrected chi connectivity index (χ4v) is 3.93. The molecule has 1 amide bonds. The summed E-state index contributed by atoms with van der Waals surface area (Å²) in [7, 11) is -3.76. The van der Waals surface area contributed by atoms with Crippen LogP contribution in [0.15, 0.2) is 9.59 Å². The molecule has 0 radical (unpaired) electrons. The molecule has 1 heterocycles. The van der Waals surface area contributed by atoms with Crippen molar-refractivity contribution in [2.75, 3.05) is 13.1 Å². The number of rotatable bonds is 6. The minimum absolute atomic E-state index is 0.0699. The Morgan fingerprint density at radius 2 is 2.05 bits per heavy atom. The molecular weight excluding hydrogens is 296 g/mol. The van der Waals surface area contributed by atoms with Crippen LogP contribution < -0.4 is 5.14 Å². The molecule has 1 rings (SSSR count). The summed E-state index contributed by atoms with van der Waals surface area (Å²) in [4.78, 5) is 14.2. The van der Waals surface area contributed by atoms with Gasteiger partial charge in [-0.25, -0.2) is 13.6 Å². The predicted octanol–water partition coefficient (Wildman–Crippen LogP) is 2.21. The highest BCUT2D eigenvalue weighted by Gasteiger charge is 2.24. The maximum Gasteiger partial charge on any atom is 0.255 e. The largest absolute Gasteiger partial charge is 0.339 e. The van der Waals surface area contributed by atoms with Gasteiger partial charge in [0.2, 0.25) is 10.0 Å². The van der Waals surface area contributed by atoms with Crippen molar-refractivity contribution in [1.82, 2.24) is 4.90 Å². The van der Waals surface area contributed by atoms with Gasteiger partial charge >= 0.3 is 0 Å². The Morgan fingerprint density at radius 3 is 2.45 bits per heavy atom. The molecule has 1 aromatic heterocycles. The van der Waals surface area contributed by atoms with E-state index in [1.54, 1.807) is 17.2 Å². The third-order valence-corrected chi connectivity index (χ3v) is 6.06. The van der Waals surface area contributed by atoms with Gasteiger partial charge < -0.3 is 4.90 Å². The second-order valence-corrected chi connectivity index (χ2v) is 7.60. The van der Waals surface area contributed by atoms with E-state index in [1.165, 1.54) is 0 Å². The SMILES string of the molecule is CCC(C)CN(CC)C(=O)c1csc(S(N)(=O)=O)c1C. The van der Waals surface area contributed by atoms with Crippen molar-refractivity contribution in [3.8, 4) is 0 Å². The third-order valence-electron chi connectivity index (χ3n) is 3.38. The van der Waals surface area contributed by atoms with Crippen molar-refractivity contribution in [3.05, 3.63) is 16.5 Å². The topological polar surface area (TPSA) is 80.5 Å². The molecule has 0 aromatic carbocycles. The zero-order valence-corrected chi connectivity index (χ0v) is 14.0. The van der Waals surface area contributed by atoms with Gasteiger partial charge in [0.25, 0.3) is 5.91 Å². The summed E-state index contributed by atoms with van der Waals surface area (Å²) in [5, 5.41) is 6.72. The number of carbonyl (C=O) groups is 1. The molecule has 1 aromatic rings. The van der Waals surface area contributed by atoms with Crippen molar-refractivity contribution in [2.24, 2.45) is 11.1 Å². The standard InChI is InChI=1S/C13H22N2O3S2/c1-5-9(3)7-15(6-2)12(16)11-8-19-13(10(11)4)20(14,17)18/h8-9H,5-7H2,1-4H3,(H2,14,17,18). The third kappa shape index (κ3) is 3.80. The van der Waals surface area contributed by atoms with Crippen molar-refractivity contribution < 1.29 is 13.2 Å². The van der Waals surface area contributed by atoms with E-state index in [0.717, 1.165) is 17.8 Å². The molecule has 0 bridgehead atoms. The van der Waals surface area contributed by atoms with Crippen LogP contribution in [0.3, 0.4) is 0 Å². The summed E-state index contributed by atoms with van der Waals surface area (Å²) in [5.74, 6) is 0.284. The number of nitrogens with two attached hydrogens (primary N) is 1. The van der Waals surface area contributed by atoms with E-state index in [1.807, 2.05) is 6.92 Å². The van der Waals surface area contributed by atoms with Crippen LogP contribution in [-0.4, -0.2) is 32.3 Å². The predicted molar refractivity (Wildman–Crippen MR) is 81.5 cm³/mol. The van der Waals surface area contributed by atoms with Gasteiger partial charge in [0.15, 0.2) is 0 Å². The van der Waals surface area contributed by atoms with E-state index < -0.39 is 10.0 Å². The molecule has 1 unspecified atom stereocenters. The molecule has 5 nitrogen and oxygen atoms in total. The van der Waals surface area contributed by atoms with Crippen LogP contribution in [0.2, 0.25) is 0 Å². The number of amides is 1. The van der Waals surface area contributed by atoms with Crippen molar-refractivity contribution in [1.29, 1.82) is 0 Å². The number of carbonyl (C=O) groups excluding carboxylic acids is 1. The Bertz CT molecular complexity index is 578. The molecule has 0 fully saturated rings. The molecular formula is C13H22N2O3S2. The van der Waals surface area contributed by atoms with E-state index in [4.69, 9.17) is 5.14 Å². The fraction of sp³-hybridized carbons (Fsp3) is 0.615. The lowest BCUT2D eigenvalue weighted by Gasteiger charge is -2.24. The van der Waals surface area contributed by atoms with E-state index in [0.29, 0.717) is 30.1 Å². The first kappa shape index (κ1) is 17.1. The van der Waals surface area contributed by atoms with E-state index in [9.17, 15) is 13.2 Å². The molecule has 0 aliphatic rings. The number of nitrogens with zero attached hydrogens (tertiary/aromatic N) is 1. The molecule has 0 aliphatic heterocycles. The minimum Gasteiger partial charge on any atom is -0.339 e. The number of thiophene rings is 1. The maximum absolute atomic E-state index is 12.5. The number of sulfonamides is 1. The van der Waals surface area contributed by atoms with Crippen LogP contribution in [0.1, 0.15) is 43.1 Å². The average Bonchev–Trinajstić information content (AvgIpc) is 2.76. The molecule has 7 heteroatoms. The Hall–Kier alpha value is -0.920. The first-order valence-electron chi connectivity index (χ1n) is 6.62. The highest BCUT2D eigenvalue weighted by molar-refractivity contribution is 7.91. The lowest BCUT2D eigenvalue weighted by molar-refractivity contribution is 0.0740. The molecule has 2 N–H and O–H groups in total. The lowest BCUT2D eigenvalue weighted by Crippen LogP contribution is -2.34. The maximum atomic E-state index is 12.5. The van der Waals surface area contributed by atoms with E-state index >= 15 is 0 Å². The van der Waals surface area contributed by atoms with Gasteiger partial charge in [-0.15, -0.1) is 11.3 Å². The first-order chi connectivity index (χ1) is 9.22. The van der Waals surface area contributed by atoms with Gasteiger partial charge in [-0.1, -0.05) is 20.3 Å². The number of hydrogen-bond donors (Lipinski definition) is 1. The zero-order chi connectivity index (χ0) is 15.5. The first-order valence-corrected chi connectivity index (χ1v) is 9.05. The Labute approximate surface area is 124 Å². The normalized spacial score (nSPS) is 13.2.